The van der Waals surface area contributed by atoms with E-state index in [1.165, 1.54) is 5.56 Å². The van der Waals surface area contributed by atoms with Crippen LogP contribution in [0.25, 0.3) is 0 Å². The Morgan fingerprint density at radius 2 is 1.44 bits per heavy atom. The molecule has 1 unspecified atom stereocenters. The van der Waals surface area contributed by atoms with E-state index in [0.29, 0.717) is 6.42 Å². The van der Waals surface area contributed by atoms with Crippen molar-refractivity contribution in [2.45, 2.75) is 90.3 Å². The molecular weight excluding hydrogens is 366 g/mol. The number of hydrogen-bond donors (Lipinski definition) is 0. The fourth-order valence-corrected chi connectivity index (χ4v) is 5.59. The molecule has 0 amide bonds. The third kappa shape index (κ3) is 5.78. The smallest absolute Gasteiger partial charge is 0.309 e. The third-order valence-corrected chi connectivity index (χ3v) is 17.0. The minimum atomic E-state index is -2.16. The average molecular weight is 408 g/mol. The maximum Gasteiger partial charge on any atom is 0.309 e. The quantitative estimate of drug-likeness (QED) is 0.535. The molecule has 27 heavy (non-hydrogen) atoms. The van der Waals surface area contributed by atoms with E-state index in [-0.39, 0.29) is 22.1 Å². The van der Waals surface area contributed by atoms with Crippen LogP contribution in [-0.4, -0.2) is 40.2 Å². The van der Waals surface area contributed by atoms with Gasteiger partial charge < -0.3 is 8.99 Å². The first kappa shape index (κ1) is 24.1. The molecule has 0 aromatic heterocycles. The lowest BCUT2D eigenvalue weighted by Gasteiger charge is -2.47. The van der Waals surface area contributed by atoms with Crippen molar-refractivity contribution >= 4 is 22.5 Å². The molecule has 1 aromatic carbocycles. The fraction of sp³-hybridized carbons (Fsp3) is 0.682. The zero-order valence-corrected chi connectivity index (χ0v) is 21.4. The van der Waals surface area contributed by atoms with E-state index in [4.69, 9.17) is 4.43 Å². The molecule has 0 bridgehead atoms. The summed E-state index contributed by atoms with van der Waals surface area (Å²) < 4.78 is 8.60. The summed E-state index contributed by atoms with van der Waals surface area (Å²) in [6.45, 7) is 22.4. The SMILES string of the molecule is CN(C(Cc1ccccc1)C(=O)O[Si](C)(C)C(C)(C)C)[Si](C)(C)C(C)(C)C. The summed E-state index contributed by atoms with van der Waals surface area (Å²) >= 11 is 0. The van der Waals surface area contributed by atoms with Crippen molar-refractivity contribution in [2.75, 3.05) is 7.05 Å². The first-order chi connectivity index (χ1) is 12.0. The maximum absolute atomic E-state index is 13.4. The number of likely N-dealkylation sites (N-methyl/N-ethyl adjacent to an activating group) is 1. The van der Waals surface area contributed by atoms with Crippen molar-refractivity contribution < 1.29 is 9.22 Å². The summed E-state index contributed by atoms with van der Waals surface area (Å²) in [6, 6.07) is 10.1. The van der Waals surface area contributed by atoms with Crippen LogP contribution in [0.1, 0.15) is 47.1 Å². The van der Waals surface area contributed by atoms with Crippen LogP contribution in [0.3, 0.4) is 0 Å². The highest BCUT2D eigenvalue weighted by Crippen LogP contribution is 2.40. The van der Waals surface area contributed by atoms with E-state index < -0.39 is 16.6 Å². The van der Waals surface area contributed by atoms with Crippen LogP contribution < -0.4 is 0 Å². The zero-order valence-electron chi connectivity index (χ0n) is 19.4. The molecule has 0 aliphatic heterocycles. The van der Waals surface area contributed by atoms with Gasteiger partial charge in [-0.1, -0.05) is 85.0 Å². The molecule has 1 atom stereocenters. The second-order valence-corrected chi connectivity index (χ2v) is 20.9. The summed E-state index contributed by atoms with van der Waals surface area (Å²) in [6.07, 6.45) is 0.692. The summed E-state index contributed by atoms with van der Waals surface area (Å²) in [5.74, 6) is -0.0576. The predicted molar refractivity (Wildman–Crippen MR) is 122 cm³/mol. The van der Waals surface area contributed by atoms with Crippen LogP contribution in [0.15, 0.2) is 30.3 Å². The highest BCUT2D eigenvalue weighted by Gasteiger charge is 2.47. The highest BCUT2D eigenvalue weighted by molar-refractivity contribution is 6.78. The Kier molecular flexibility index (Phi) is 7.34. The van der Waals surface area contributed by atoms with Gasteiger partial charge in [0.25, 0.3) is 8.32 Å². The molecule has 0 aliphatic rings. The minimum absolute atomic E-state index is 0.00943. The standard InChI is InChI=1S/C22H41NO2Si2/c1-21(2,3)26(8,9)23(7)19(17-18-15-13-12-14-16-18)20(24)25-27(10,11)22(4,5)6/h12-16,19H,17H2,1-11H3. The Bertz CT molecular complexity index is 628. The third-order valence-electron chi connectivity index (χ3n) is 6.89. The molecule has 1 aromatic rings. The van der Waals surface area contributed by atoms with Crippen LogP contribution in [0.2, 0.25) is 36.3 Å². The second kappa shape index (κ2) is 8.22. The lowest BCUT2D eigenvalue weighted by Crippen LogP contribution is -2.61. The van der Waals surface area contributed by atoms with Crippen molar-refractivity contribution in [3.63, 3.8) is 0 Å². The number of rotatable bonds is 6. The molecule has 0 fully saturated rings. The monoisotopic (exact) mass is 407 g/mol. The van der Waals surface area contributed by atoms with E-state index in [9.17, 15) is 4.79 Å². The fourth-order valence-electron chi connectivity index (χ4n) is 2.61. The van der Waals surface area contributed by atoms with Gasteiger partial charge in [0.1, 0.15) is 14.3 Å². The van der Waals surface area contributed by atoms with Crippen molar-refractivity contribution in [2.24, 2.45) is 0 Å². The molecule has 0 N–H and O–H groups in total. The van der Waals surface area contributed by atoms with Gasteiger partial charge in [0.05, 0.1) is 0 Å². The van der Waals surface area contributed by atoms with Crippen molar-refractivity contribution in [3.8, 4) is 0 Å². The lowest BCUT2D eigenvalue weighted by atomic mass is 10.1. The maximum atomic E-state index is 13.4. The number of carbonyl (C=O) groups is 1. The van der Waals surface area contributed by atoms with Crippen LogP contribution in [0.4, 0.5) is 0 Å². The molecule has 0 saturated carbocycles. The van der Waals surface area contributed by atoms with Crippen molar-refractivity contribution in [1.82, 2.24) is 4.57 Å². The summed E-state index contributed by atoms with van der Waals surface area (Å²) in [5.41, 5.74) is 1.18. The molecule has 0 spiro atoms. The largest absolute Gasteiger partial charge is 0.518 e. The molecule has 154 valence electrons. The Morgan fingerprint density at radius 1 is 0.963 bits per heavy atom. The number of carbonyl (C=O) groups excluding carboxylic acids is 1. The van der Waals surface area contributed by atoms with Crippen molar-refractivity contribution in [1.29, 1.82) is 0 Å². The highest BCUT2D eigenvalue weighted by atomic mass is 28.4. The second-order valence-electron chi connectivity index (χ2n) is 10.8. The molecular formula is C22H41NO2Si2. The van der Waals surface area contributed by atoms with E-state index in [1.54, 1.807) is 0 Å². The van der Waals surface area contributed by atoms with Gasteiger partial charge in [0, 0.05) is 0 Å². The summed E-state index contributed by atoms with van der Waals surface area (Å²) in [5, 5.41) is 0.170. The van der Waals surface area contributed by atoms with Gasteiger partial charge in [-0.05, 0) is 42.2 Å². The molecule has 0 saturated heterocycles. The van der Waals surface area contributed by atoms with E-state index >= 15 is 0 Å². The first-order valence-electron chi connectivity index (χ1n) is 10.0. The van der Waals surface area contributed by atoms with Gasteiger partial charge in [-0.25, -0.2) is 0 Å². The molecule has 5 heteroatoms. The van der Waals surface area contributed by atoms with Crippen LogP contribution in [0.5, 0.6) is 0 Å². The number of nitrogens with zero attached hydrogens (tertiary/aromatic N) is 1. The summed E-state index contributed by atoms with van der Waals surface area (Å²) in [4.78, 5) is 13.4. The van der Waals surface area contributed by atoms with E-state index in [0.717, 1.165) is 0 Å². The lowest BCUT2D eigenvalue weighted by molar-refractivity contribution is -0.139. The molecule has 0 radical (unpaired) electrons. The van der Waals surface area contributed by atoms with Gasteiger partial charge in [-0.2, -0.15) is 0 Å². The normalized spacial score (nSPS) is 15.0. The molecule has 1 rings (SSSR count). The summed E-state index contributed by atoms with van der Waals surface area (Å²) in [7, 11) is -1.90. The Morgan fingerprint density at radius 3 is 1.85 bits per heavy atom. The Labute approximate surface area is 169 Å². The zero-order chi connectivity index (χ0) is 21.3. The van der Waals surface area contributed by atoms with Crippen LogP contribution in [0, 0.1) is 0 Å². The van der Waals surface area contributed by atoms with Crippen molar-refractivity contribution in [3.05, 3.63) is 35.9 Å². The van der Waals surface area contributed by atoms with Gasteiger partial charge in [-0.15, -0.1) is 0 Å². The molecule has 0 aliphatic carbocycles. The number of hydrogen-bond acceptors (Lipinski definition) is 3. The van der Waals surface area contributed by atoms with Crippen LogP contribution in [-0.2, 0) is 15.6 Å². The average Bonchev–Trinajstić information content (AvgIpc) is 2.50. The number of benzene rings is 1. The van der Waals surface area contributed by atoms with Gasteiger partial charge >= 0.3 is 5.97 Å². The minimum Gasteiger partial charge on any atom is -0.518 e. The first-order valence-corrected chi connectivity index (χ1v) is 15.9. The van der Waals surface area contributed by atoms with E-state index in [1.807, 2.05) is 18.2 Å². The van der Waals surface area contributed by atoms with Gasteiger partial charge in [0.2, 0.25) is 0 Å². The Balaban J connectivity index is 3.24. The topological polar surface area (TPSA) is 29.5 Å². The van der Waals surface area contributed by atoms with E-state index in [2.05, 4.69) is 91.5 Å². The molecule has 0 heterocycles. The Hall–Kier alpha value is -0.916. The van der Waals surface area contributed by atoms with Gasteiger partial charge in [0.15, 0.2) is 0 Å². The predicted octanol–water partition coefficient (Wildman–Crippen LogP) is 6.08. The van der Waals surface area contributed by atoms with Crippen LogP contribution >= 0.6 is 0 Å². The molecule has 3 nitrogen and oxygen atoms in total. The van der Waals surface area contributed by atoms with Gasteiger partial charge in [-0.3, -0.25) is 4.79 Å².